The second-order valence-electron chi connectivity index (χ2n) is 5.52. The summed E-state index contributed by atoms with van der Waals surface area (Å²) in [4.78, 5) is 0. The summed E-state index contributed by atoms with van der Waals surface area (Å²) < 4.78 is 5.80. The topological polar surface area (TPSA) is 107 Å². The van der Waals surface area contributed by atoms with E-state index < -0.39 is 0 Å². The zero-order chi connectivity index (χ0) is 17.2. The lowest BCUT2D eigenvalue weighted by molar-refractivity contribution is 0.0377. The second-order valence-corrected chi connectivity index (χ2v) is 5.52. The molecule has 23 heavy (non-hydrogen) atoms. The Balaban J connectivity index is 3.39. The molecule has 0 bridgehead atoms. The van der Waals surface area contributed by atoms with Crippen LogP contribution in [0.3, 0.4) is 0 Å². The van der Waals surface area contributed by atoms with E-state index in [1.165, 1.54) is 6.42 Å². The third-order valence-corrected chi connectivity index (χ3v) is 3.31. The summed E-state index contributed by atoms with van der Waals surface area (Å²) in [5, 5.41) is 19.3. The zero-order valence-corrected chi connectivity index (χ0v) is 15.2. The zero-order valence-electron chi connectivity index (χ0n) is 15.2. The Morgan fingerprint density at radius 3 is 2.39 bits per heavy atom. The maximum absolute atomic E-state index is 5.86. The molecule has 8 N–H and O–H groups in total. The molecule has 0 aliphatic carbocycles. The fourth-order valence-electron chi connectivity index (χ4n) is 1.91. The van der Waals surface area contributed by atoms with E-state index in [2.05, 4.69) is 45.7 Å². The minimum Gasteiger partial charge on any atom is -0.362 e. The smallest absolute Gasteiger partial charge is 0.0979 e. The number of hydrogen-bond acceptors (Lipinski definition) is 8. The van der Waals surface area contributed by atoms with Gasteiger partial charge in [-0.05, 0) is 26.4 Å². The Bertz CT molecular complexity index is 234. The van der Waals surface area contributed by atoms with Crippen LogP contribution in [-0.4, -0.2) is 72.1 Å². The Morgan fingerprint density at radius 2 is 1.70 bits per heavy atom. The highest BCUT2D eigenvalue weighted by Gasteiger charge is 2.05. The largest absolute Gasteiger partial charge is 0.362 e. The van der Waals surface area contributed by atoms with Crippen LogP contribution in [0.1, 0.15) is 26.7 Å². The van der Waals surface area contributed by atoms with Crippen LogP contribution in [0, 0.1) is 0 Å². The van der Waals surface area contributed by atoms with Gasteiger partial charge in [0.15, 0.2) is 0 Å². The molecule has 0 aromatic carbocycles. The number of rotatable bonds is 18. The lowest BCUT2D eigenvalue weighted by Crippen LogP contribution is -2.49. The van der Waals surface area contributed by atoms with Crippen molar-refractivity contribution < 1.29 is 4.74 Å². The van der Waals surface area contributed by atoms with Crippen LogP contribution in [0.4, 0.5) is 0 Å². The van der Waals surface area contributed by atoms with Crippen molar-refractivity contribution >= 4 is 0 Å². The minimum atomic E-state index is -0.0564. The number of nitrogens with two attached hydrogens (primary N) is 1. The molecular formula is C15H39N7O. The predicted molar refractivity (Wildman–Crippen MR) is 97.1 cm³/mol. The molecule has 0 aromatic heterocycles. The van der Waals surface area contributed by atoms with Gasteiger partial charge in [0.2, 0.25) is 0 Å². The van der Waals surface area contributed by atoms with Crippen LogP contribution < -0.4 is 37.6 Å². The first kappa shape index (κ1) is 22.7. The highest BCUT2D eigenvalue weighted by atomic mass is 16.5. The molecular weight excluding hydrogens is 294 g/mol. The lowest BCUT2D eigenvalue weighted by Gasteiger charge is -2.18. The third-order valence-electron chi connectivity index (χ3n) is 3.31. The van der Waals surface area contributed by atoms with E-state index in [1.54, 1.807) is 0 Å². The number of nitrogens with one attached hydrogen (secondary N) is 6. The van der Waals surface area contributed by atoms with Crippen molar-refractivity contribution in [3.63, 3.8) is 0 Å². The maximum atomic E-state index is 5.86. The third kappa shape index (κ3) is 16.3. The Morgan fingerprint density at radius 1 is 0.913 bits per heavy atom. The summed E-state index contributed by atoms with van der Waals surface area (Å²) in [5.74, 6) is 0. The van der Waals surface area contributed by atoms with Crippen LogP contribution in [0.2, 0.25) is 0 Å². The molecule has 0 aliphatic heterocycles. The summed E-state index contributed by atoms with van der Waals surface area (Å²) in [6, 6.07) is 0. The second kappa shape index (κ2) is 18.0. The van der Waals surface area contributed by atoms with Gasteiger partial charge in [-0.15, -0.1) is 0 Å². The molecule has 0 aliphatic rings. The van der Waals surface area contributed by atoms with Gasteiger partial charge in [-0.3, -0.25) is 10.6 Å². The van der Waals surface area contributed by atoms with Gasteiger partial charge in [-0.1, -0.05) is 13.8 Å². The summed E-state index contributed by atoms with van der Waals surface area (Å²) >= 11 is 0. The summed E-state index contributed by atoms with van der Waals surface area (Å²) in [6.07, 6.45) is 2.37. The van der Waals surface area contributed by atoms with Gasteiger partial charge < -0.3 is 31.7 Å². The molecule has 8 heteroatoms. The van der Waals surface area contributed by atoms with E-state index in [0.29, 0.717) is 26.6 Å². The Hall–Kier alpha value is -0.320. The Labute approximate surface area is 142 Å². The van der Waals surface area contributed by atoms with Gasteiger partial charge in [0.05, 0.1) is 19.0 Å². The average Bonchev–Trinajstić information content (AvgIpc) is 2.57. The van der Waals surface area contributed by atoms with E-state index in [0.717, 1.165) is 32.6 Å². The quantitative estimate of drug-likeness (QED) is 0.120. The van der Waals surface area contributed by atoms with Crippen molar-refractivity contribution in [3.8, 4) is 0 Å². The van der Waals surface area contributed by atoms with Crippen LogP contribution in [0.15, 0.2) is 0 Å². The van der Waals surface area contributed by atoms with Crippen LogP contribution >= 0.6 is 0 Å². The van der Waals surface area contributed by atoms with E-state index in [9.17, 15) is 0 Å². The highest BCUT2D eigenvalue weighted by molar-refractivity contribution is 4.62. The molecule has 0 fully saturated rings. The molecule has 0 amide bonds. The molecule has 0 saturated carbocycles. The van der Waals surface area contributed by atoms with Gasteiger partial charge in [-0.25, -0.2) is 0 Å². The van der Waals surface area contributed by atoms with Gasteiger partial charge in [0.25, 0.3) is 0 Å². The maximum Gasteiger partial charge on any atom is 0.0979 e. The Kier molecular flexibility index (Phi) is 17.8. The molecule has 0 saturated heterocycles. The van der Waals surface area contributed by atoms with E-state index >= 15 is 0 Å². The molecule has 0 aromatic rings. The molecule has 8 nitrogen and oxygen atoms in total. The highest BCUT2D eigenvalue weighted by Crippen LogP contribution is 1.94. The first-order valence-corrected chi connectivity index (χ1v) is 8.82. The standard InChI is InChI=1S/C15H39N7O/c1-4-6-18-7-8-19-9-14(5-2)23-13-21-12-20-10-15(16)22-11-17-3/h14-15,17-22H,4-13,16H2,1-3H3/t14-,15?/m0/s1. The fourth-order valence-corrected chi connectivity index (χ4v) is 1.91. The fraction of sp³-hybridized carbons (Fsp3) is 1.00. The average molecular weight is 334 g/mol. The van der Waals surface area contributed by atoms with Gasteiger partial charge >= 0.3 is 0 Å². The molecule has 0 spiro atoms. The van der Waals surface area contributed by atoms with Crippen LogP contribution in [0.25, 0.3) is 0 Å². The van der Waals surface area contributed by atoms with Gasteiger partial charge in [0.1, 0.15) is 0 Å². The van der Waals surface area contributed by atoms with Gasteiger partial charge in [-0.2, -0.15) is 0 Å². The SMILES string of the molecule is CCCNCCNC[C@H](CC)OCNCNCC(N)NCNC. The van der Waals surface area contributed by atoms with Crippen molar-refractivity contribution in [1.29, 1.82) is 0 Å². The lowest BCUT2D eigenvalue weighted by atomic mass is 10.3. The molecule has 0 rings (SSSR count). The van der Waals surface area contributed by atoms with Crippen molar-refractivity contribution in [3.05, 3.63) is 0 Å². The molecule has 2 atom stereocenters. The summed E-state index contributed by atoms with van der Waals surface area (Å²) in [6.45, 7) is 10.9. The van der Waals surface area contributed by atoms with E-state index in [-0.39, 0.29) is 12.3 Å². The first-order chi connectivity index (χ1) is 11.2. The van der Waals surface area contributed by atoms with E-state index in [4.69, 9.17) is 10.5 Å². The number of ether oxygens (including phenoxy) is 1. The van der Waals surface area contributed by atoms with Gasteiger partial charge in [0, 0.05) is 39.5 Å². The van der Waals surface area contributed by atoms with Crippen LogP contribution in [-0.2, 0) is 4.74 Å². The molecule has 0 heterocycles. The van der Waals surface area contributed by atoms with E-state index in [1.807, 2.05) is 7.05 Å². The molecule has 1 unspecified atom stereocenters. The normalized spacial score (nSPS) is 14.1. The van der Waals surface area contributed by atoms with Crippen molar-refractivity contribution in [2.75, 3.05) is 59.8 Å². The molecule has 140 valence electrons. The molecule has 0 radical (unpaired) electrons. The van der Waals surface area contributed by atoms with Crippen molar-refractivity contribution in [1.82, 2.24) is 31.9 Å². The van der Waals surface area contributed by atoms with Crippen LogP contribution in [0.5, 0.6) is 0 Å². The summed E-state index contributed by atoms with van der Waals surface area (Å²) in [5.41, 5.74) is 5.86. The predicted octanol–water partition coefficient (Wildman–Crippen LogP) is -1.48. The minimum absolute atomic E-state index is 0.0564. The first-order valence-electron chi connectivity index (χ1n) is 8.82. The monoisotopic (exact) mass is 333 g/mol. The van der Waals surface area contributed by atoms with Crippen molar-refractivity contribution in [2.24, 2.45) is 5.73 Å². The van der Waals surface area contributed by atoms with Crippen molar-refractivity contribution in [2.45, 2.75) is 39.0 Å². The number of hydrogen-bond donors (Lipinski definition) is 7. The summed E-state index contributed by atoms with van der Waals surface area (Å²) in [7, 11) is 1.88.